The molecule has 0 spiro atoms. The monoisotopic (exact) mass is 266 g/mol. The Balaban J connectivity index is 1.92. The van der Waals surface area contributed by atoms with E-state index in [-0.39, 0.29) is 18.0 Å². The van der Waals surface area contributed by atoms with Crippen LogP contribution in [-0.2, 0) is 4.79 Å². The maximum atomic E-state index is 13.3. The molecule has 6 heteroatoms. The predicted molar refractivity (Wildman–Crippen MR) is 67.3 cm³/mol. The van der Waals surface area contributed by atoms with Crippen LogP contribution < -0.4 is 10.6 Å². The average Bonchev–Trinajstić information content (AvgIpc) is 3.14. The Labute approximate surface area is 109 Å². The van der Waals surface area contributed by atoms with Gasteiger partial charge in [0.15, 0.2) is 0 Å². The standard InChI is InChI=1S/C13H15FN2O3/c14-9-3-1-2-4-10(9)15-13(19)16-11(7-12(17)18)8-5-6-8/h1-4,8,11H,5-7H2,(H,17,18)(H2,15,16,19). The number of benzene rings is 1. The average molecular weight is 266 g/mol. The highest BCUT2D eigenvalue weighted by Gasteiger charge is 2.33. The number of hydrogen-bond donors (Lipinski definition) is 3. The van der Waals surface area contributed by atoms with E-state index >= 15 is 0 Å². The number of halogens is 1. The number of carbonyl (C=O) groups is 2. The molecule has 1 saturated carbocycles. The first kappa shape index (κ1) is 13.3. The molecule has 0 radical (unpaired) electrons. The normalized spacial score (nSPS) is 15.6. The van der Waals surface area contributed by atoms with Crippen LogP contribution in [0.25, 0.3) is 0 Å². The molecule has 0 aromatic heterocycles. The summed E-state index contributed by atoms with van der Waals surface area (Å²) in [6, 6.07) is 4.83. The van der Waals surface area contributed by atoms with Crippen LogP contribution in [0.5, 0.6) is 0 Å². The molecule has 19 heavy (non-hydrogen) atoms. The van der Waals surface area contributed by atoms with Gasteiger partial charge >= 0.3 is 12.0 Å². The van der Waals surface area contributed by atoms with Crippen molar-refractivity contribution in [2.45, 2.75) is 25.3 Å². The first-order valence-electron chi connectivity index (χ1n) is 6.10. The molecule has 1 unspecified atom stereocenters. The Morgan fingerprint density at radius 2 is 2.05 bits per heavy atom. The Morgan fingerprint density at radius 3 is 2.63 bits per heavy atom. The van der Waals surface area contributed by atoms with E-state index in [4.69, 9.17) is 5.11 Å². The molecule has 2 rings (SSSR count). The van der Waals surface area contributed by atoms with Gasteiger partial charge in [-0.15, -0.1) is 0 Å². The van der Waals surface area contributed by atoms with E-state index in [0.29, 0.717) is 0 Å². The quantitative estimate of drug-likeness (QED) is 0.764. The second-order valence-electron chi connectivity index (χ2n) is 4.62. The molecule has 1 aromatic rings. The van der Waals surface area contributed by atoms with Crippen molar-refractivity contribution >= 4 is 17.7 Å². The lowest BCUT2D eigenvalue weighted by Crippen LogP contribution is -2.40. The van der Waals surface area contributed by atoms with Crippen LogP contribution in [0, 0.1) is 11.7 Å². The fourth-order valence-electron chi connectivity index (χ4n) is 1.91. The van der Waals surface area contributed by atoms with Crippen LogP contribution in [0.2, 0.25) is 0 Å². The van der Waals surface area contributed by atoms with Gasteiger partial charge in [-0.2, -0.15) is 0 Å². The number of amides is 2. The number of anilines is 1. The van der Waals surface area contributed by atoms with Crippen LogP contribution in [0.1, 0.15) is 19.3 Å². The molecule has 1 atom stereocenters. The number of hydrogen-bond acceptors (Lipinski definition) is 2. The van der Waals surface area contributed by atoms with Crippen molar-refractivity contribution in [1.82, 2.24) is 5.32 Å². The summed E-state index contributed by atoms with van der Waals surface area (Å²) in [5.74, 6) is -1.27. The number of rotatable bonds is 5. The highest BCUT2D eigenvalue weighted by molar-refractivity contribution is 5.89. The Hall–Kier alpha value is -2.11. The minimum atomic E-state index is -0.955. The van der Waals surface area contributed by atoms with Gasteiger partial charge in [0, 0.05) is 6.04 Å². The summed E-state index contributed by atoms with van der Waals surface area (Å²) >= 11 is 0. The molecule has 0 aliphatic heterocycles. The van der Waals surface area contributed by atoms with E-state index in [9.17, 15) is 14.0 Å². The zero-order valence-corrected chi connectivity index (χ0v) is 10.2. The van der Waals surface area contributed by atoms with Crippen molar-refractivity contribution in [3.63, 3.8) is 0 Å². The largest absolute Gasteiger partial charge is 0.481 e. The molecule has 102 valence electrons. The SMILES string of the molecule is O=C(O)CC(NC(=O)Nc1ccccc1F)C1CC1. The van der Waals surface area contributed by atoms with Gasteiger partial charge < -0.3 is 15.7 Å². The molecule has 2 amide bonds. The molecular weight excluding hydrogens is 251 g/mol. The Morgan fingerprint density at radius 1 is 1.37 bits per heavy atom. The van der Waals surface area contributed by atoms with Crippen LogP contribution in [0.4, 0.5) is 14.9 Å². The summed E-state index contributed by atoms with van der Waals surface area (Å²) < 4.78 is 13.3. The van der Waals surface area contributed by atoms with Crippen molar-refractivity contribution in [3.8, 4) is 0 Å². The Kier molecular flexibility index (Phi) is 3.99. The molecule has 3 N–H and O–H groups in total. The number of carboxylic acid groups (broad SMARTS) is 1. The van der Waals surface area contributed by atoms with Gasteiger partial charge in [0.05, 0.1) is 12.1 Å². The summed E-state index contributed by atoms with van der Waals surface area (Å²) in [4.78, 5) is 22.4. The highest BCUT2D eigenvalue weighted by Crippen LogP contribution is 2.34. The van der Waals surface area contributed by atoms with E-state index in [2.05, 4.69) is 10.6 Å². The van der Waals surface area contributed by atoms with Crippen LogP contribution in [0.15, 0.2) is 24.3 Å². The van der Waals surface area contributed by atoms with E-state index in [1.807, 2.05) is 0 Å². The summed E-state index contributed by atoms with van der Waals surface area (Å²) in [7, 11) is 0. The maximum Gasteiger partial charge on any atom is 0.319 e. The lowest BCUT2D eigenvalue weighted by atomic mass is 10.1. The van der Waals surface area contributed by atoms with E-state index in [0.717, 1.165) is 12.8 Å². The zero-order chi connectivity index (χ0) is 13.8. The second kappa shape index (κ2) is 5.69. The zero-order valence-electron chi connectivity index (χ0n) is 10.2. The molecule has 0 saturated heterocycles. The smallest absolute Gasteiger partial charge is 0.319 e. The van der Waals surface area contributed by atoms with Gasteiger partial charge in [-0.3, -0.25) is 4.79 Å². The number of para-hydroxylation sites is 1. The first-order chi connectivity index (χ1) is 9.06. The molecular formula is C13H15FN2O3. The third-order valence-electron chi connectivity index (χ3n) is 3.02. The van der Waals surface area contributed by atoms with Crippen molar-refractivity contribution in [2.24, 2.45) is 5.92 Å². The van der Waals surface area contributed by atoms with Crippen LogP contribution in [-0.4, -0.2) is 23.1 Å². The van der Waals surface area contributed by atoms with Gasteiger partial charge in [-0.1, -0.05) is 12.1 Å². The molecule has 5 nitrogen and oxygen atoms in total. The fraction of sp³-hybridized carbons (Fsp3) is 0.385. The number of urea groups is 1. The number of aliphatic carboxylic acids is 1. The van der Waals surface area contributed by atoms with E-state index in [1.165, 1.54) is 18.2 Å². The van der Waals surface area contributed by atoms with Crippen molar-refractivity contribution in [1.29, 1.82) is 0 Å². The first-order valence-corrected chi connectivity index (χ1v) is 6.10. The van der Waals surface area contributed by atoms with Crippen molar-refractivity contribution in [3.05, 3.63) is 30.1 Å². The van der Waals surface area contributed by atoms with Gasteiger partial charge in [-0.25, -0.2) is 9.18 Å². The summed E-state index contributed by atoms with van der Waals surface area (Å²) in [6.07, 6.45) is 1.71. The van der Waals surface area contributed by atoms with Gasteiger partial charge in [0.25, 0.3) is 0 Å². The third-order valence-corrected chi connectivity index (χ3v) is 3.02. The highest BCUT2D eigenvalue weighted by atomic mass is 19.1. The van der Waals surface area contributed by atoms with Crippen LogP contribution >= 0.6 is 0 Å². The fourth-order valence-corrected chi connectivity index (χ4v) is 1.91. The molecule has 1 fully saturated rings. The number of carbonyl (C=O) groups excluding carboxylic acids is 1. The summed E-state index contributed by atoms with van der Waals surface area (Å²) in [5, 5.41) is 13.7. The van der Waals surface area contributed by atoms with Gasteiger partial charge in [0.2, 0.25) is 0 Å². The molecule has 0 bridgehead atoms. The molecule has 1 aliphatic carbocycles. The molecule has 1 aromatic carbocycles. The minimum Gasteiger partial charge on any atom is -0.481 e. The molecule has 0 heterocycles. The van der Waals surface area contributed by atoms with E-state index in [1.54, 1.807) is 6.07 Å². The summed E-state index contributed by atoms with van der Waals surface area (Å²) in [5.41, 5.74) is 0.0740. The topological polar surface area (TPSA) is 78.4 Å². The minimum absolute atomic E-state index is 0.0740. The molecule has 1 aliphatic rings. The second-order valence-corrected chi connectivity index (χ2v) is 4.62. The number of nitrogens with one attached hydrogen (secondary N) is 2. The third kappa shape index (κ3) is 3.94. The van der Waals surface area contributed by atoms with Gasteiger partial charge in [0.1, 0.15) is 5.82 Å². The van der Waals surface area contributed by atoms with Crippen molar-refractivity contribution in [2.75, 3.05) is 5.32 Å². The van der Waals surface area contributed by atoms with Crippen LogP contribution in [0.3, 0.4) is 0 Å². The maximum absolute atomic E-state index is 13.3. The Bertz CT molecular complexity index is 489. The summed E-state index contributed by atoms with van der Waals surface area (Å²) in [6.45, 7) is 0. The van der Waals surface area contributed by atoms with E-state index < -0.39 is 23.9 Å². The lowest BCUT2D eigenvalue weighted by Gasteiger charge is -2.16. The number of carboxylic acids is 1. The van der Waals surface area contributed by atoms with Crippen molar-refractivity contribution < 1.29 is 19.1 Å². The van der Waals surface area contributed by atoms with Gasteiger partial charge in [-0.05, 0) is 30.9 Å². The lowest BCUT2D eigenvalue weighted by molar-refractivity contribution is -0.137. The predicted octanol–water partition coefficient (Wildman–Crippen LogP) is 2.20.